The van der Waals surface area contributed by atoms with Crippen LogP contribution in [0.1, 0.15) is 95.3 Å². The summed E-state index contributed by atoms with van der Waals surface area (Å²) < 4.78 is 0. The zero-order chi connectivity index (χ0) is 24.2. The first-order chi connectivity index (χ1) is 16.6. The summed E-state index contributed by atoms with van der Waals surface area (Å²) in [5.74, 6) is 12.4. The van der Waals surface area contributed by atoms with Gasteiger partial charge in [-0.15, -0.1) is 0 Å². The van der Waals surface area contributed by atoms with Gasteiger partial charge in [0.2, 0.25) is 0 Å². The van der Waals surface area contributed by atoms with Gasteiger partial charge in [-0.25, -0.2) is 0 Å². The number of hydrogen-bond donors (Lipinski definition) is 0. The maximum absolute atomic E-state index is 12.8. The molecule has 34 heavy (non-hydrogen) atoms. The van der Waals surface area contributed by atoms with Gasteiger partial charge in [-0.3, -0.25) is 9.59 Å². The molecular weight excluding hydrogens is 416 g/mol. The quantitative estimate of drug-likeness (QED) is 0.208. The highest BCUT2D eigenvalue weighted by Crippen LogP contribution is 2.15. The Morgan fingerprint density at radius 2 is 0.824 bits per heavy atom. The molecule has 0 aromatic heterocycles. The lowest BCUT2D eigenvalue weighted by molar-refractivity contribution is 0.102. The zero-order valence-electron chi connectivity index (χ0n) is 20.0. The van der Waals surface area contributed by atoms with Crippen LogP contribution >= 0.6 is 0 Å². The predicted octanol–water partition coefficient (Wildman–Crippen LogP) is 7.23. The van der Waals surface area contributed by atoms with Crippen molar-refractivity contribution < 1.29 is 9.59 Å². The highest BCUT2D eigenvalue weighted by molar-refractivity contribution is 6.11. The van der Waals surface area contributed by atoms with Gasteiger partial charge >= 0.3 is 0 Å². The first-order valence-corrected chi connectivity index (χ1v) is 12.0. The minimum Gasteiger partial charge on any atom is -0.289 e. The third-order valence-corrected chi connectivity index (χ3v) is 5.48. The normalized spacial score (nSPS) is 9.94. The second-order valence-corrected chi connectivity index (χ2v) is 8.20. The molecule has 3 rings (SSSR count). The van der Waals surface area contributed by atoms with Gasteiger partial charge in [0.05, 0.1) is 0 Å². The fourth-order valence-corrected chi connectivity index (χ4v) is 3.38. The Kier molecular flexibility index (Phi) is 9.45. The molecular formula is C32H30O2. The lowest BCUT2D eigenvalue weighted by Gasteiger charge is -2.05. The number of unbranched alkanes of at least 4 members (excludes halogenated alkanes) is 4. The lowest BCUT2D eigenvalue weighted by Crippen LogP contribution is -2.04. The van der Waals surface area contributed by atoms with E-state index in [0.29, 0.717) is 22.3 Å². The van der Waals surface area contributed by atoms with Gasteiger partial charge in [0.15, 0.2) is 11.6 Å². The van der Waals surface area contributed by atoms with Crippen molar-refractivity contribution in [2.75, 3.05) is 0 Å². The van der Waals surface area contributed by atoms with Crippen LogP contribution in [0.15, 0.2) is 72.8 Å². The molecule has 0 saturated heterocycles. The van der Waals surface area contributed by atoms with E-state index in [0.717, 1.165) is 49.7 Å². The van der Waals surface area contributed by atoms with Crippen LogP contribution in [0.4, 0.5) is 0 Å². The smallest absolute Gasteiger partial charge is 0.193 e. The third-order valence-electron chi connectivity index (χ3n) is 5.48. The van der Waals surface area contributed by atoms with Crippen LogP contribution < -0.4 is 0 Å². The van der Waals surface area contributed by atoms with Crippen LogP contribution in [0, 0.1) is 23.7 Å². The van der Waals surface area contributed by atoms with Crippen molar-refractivity contribution in [3.63, 3.8) is 0 Å². The van der Waals surface area contributed by atoms with Gasteiger partial charge in [-0.2, -0.15) is 0 Å². The molecule has 0 aliphatic heterocycles. The SMILES string of the molecule is CCCCC#Cc1ccc(C(=O)c2ccc(C(=O)c3ccc(C#CCCCC)cc3)cc2)cc1. The average molecular weight is 447 g/mol. The Bertz CT molecular complexity index is 1120. The largest absolute Gasteiger partial charge is 0.289 e. The number of carbonyl (C=O) groups is 2. The summed E-state index contributed by atoms with van der Waals surface area (Å²) >= 11 is 0. The maximum Gasteiger partial charge on any atom is 0.193 e. The van der Waals surface area contributed by atoms with E-state index in [1.165, 1.54) is 0 Å². The third kappa shape index (κ3) is 7.06. The van der Waals surface area contributed by atoms with E-state index in [1.807, 2.05) is 24.3 Å². The molecule has 0 N–H and O–H groups in total. The molecule has 0 bridgehead atoms. The minimum atomic E-state index is -0.0736. The molecule has 0 aliphatic rings. The van der Waals surface area contributed by atoms with Crippen molar-refractivity contribution in [3.05, 3.63) is 106 Å². The predicted molar refractivity (Wildman–Crippen MR) is 139 cm³/mol. The molecule has 0 aliphatic carbocycles. The van der Waals surface area contributed by atoms with E-state index in [2.05, 4.69) is 37.5 Å². The summed E-state index contributed by atoms with van der Waals surface area (Å²) in [7, 11) is 0. The second-order valence-electron chi connectivity index (χ2n) is 8.20. The Balaban J connectivity index is 1.64. The Hall–Kier alpha value is -3.88. The van der Waals surface area contributed by atoms with Crippen molar-refractivity contribution >= 4 is 11.6 Å². The Labute approximate surface area is 203 Å². The monoisotopic (exact) mass is 446 g/mol. The van der Waals surface area contributed by atoms with Crippen molar-refractivity contribution in [2.24, 2.45) is 0 Å². The Morgan fingerprint density at radius 1 is 0.529 bits per heavy atom. The zero-order valence-corrected chi connectivity index (χ0v) is 20.0. The highest BCUT2D eigenvalue weighted by atomic mass is 16.1. The van der Waals surface area contributed by atoms with E-state index in [-0.39, 0.29) is 11.6 Å². The molecule has 2 nitrogen and oxygen atoms in total. The summed E-state index contributed by atoms with van der Waals surface area (Å²) in [5.41, 5.74) is 4.13. The summed E-state index contributed by atoms with van der Waals surface area (Å²) in [6.45, 7) is 4.29. The van der Waals surface area contributed by atoms with Crippen LogP contribution in [-0.2, 0) is 0 Å². The van der Waals surface area contributed by atoms with Crippen LogP contribution in [0.3, 0.4) is 0 Å². The first kappa shape index (κ1) is 24.8. The summed E-state index contributed by atoms with van der Waals surface area (Å²) in [5, 5.41) is 0. The van der Waals surface area contributed by atoms with Crippen molar-refractivity contribution in [1.82, 2.24) is 0 Å². The first-order valence-electron chi connectivity index (χ1n) is 12.0. The van der Waals surface area contributed by atoms with E-state index in [4.69, 9.17) is 0 Å². The molecule has 0 saturated carbocycles. The van der Waals surface area contributed by atoms with E-state index in [1.54, 1.807) is 48.5 Å². The topological polar surface area (TPSA) is 34.1 Å². The van der Waals surface area contributed by atoms with Gasteiger partial charge in [-0.1, -0.05) is 74.6 Å². The molecule has 0 radical (unpaired) electrons. The molecule has 170 valence electrons. The molecule has 0 unspecified atom stereocenters. The number of hydrogen-bond acceptors (Lipinski definition) is 2. The molecule has 0 amide bonds. The van der Waals surface area contributed by atoms with Gasteiger partial charge in [-0.05, 0) is 61.4 Å². The lowest BCUT2D eigenvalue weighted by atomic mass is 9.98. The second kappa shape index (κ2) is 13.0. The van der Waals surface area contributed by atoms with Crippen molar-refractivity contribution in [2.45, 2.75) is 52.4 Å². The minimum absolute atomic E-state index is 0.0736. The van der Waals surface area contributed by atoms with Crippen LogP contribution in [0.25, 0.3) is 0 Å². The maximum atomic E-state index is 12.8. The Morgan fingerprint density at radius 3 is 1.12 bits per heavy atom. The van der Waals surface area contributed by atoms with Crippen molar-refractivity contribution in [1.29, 1.82) is 0 Å². The van der Waals surface area contributed by atoms with E-state index >= 15 is 0 Å². The molecule has 2 heteroatoms. The fourth-order valence-electron chi connectivity index (χ4n) is 3.38. The number of benzene rings is 3. The molecule has 0 spiro atoms. The standard InChI is InChI=1S/C32H30O2/c1-3-5-7-9-11-25-13-17-27(18-14-25)31(33)29-21-23-30(24-22-29)32(34)28-19-15-26(16-20-28)12-10-8-6-4-2/h13-24H,3-8H2,1-2H3. The summed E-state index contributed by atoms with van der Waals surface area (Å²) in [4.78, 5) is 25.7. The molecule has 3 aromatic rings. The summed E-state index contributed by atoms with van der Waals surface area (Å²) in [6, 6.07) is 21.6. The van der Waals surface area contributed by atoms with Gasteiger partial charge in [0.1, 0.15) is 0 Å². The van der Waals surface area contributed by atoms with Gasteiger partial charge in [0, 0.05) is 46.2 Å². The van der Waals surface area contributed by atoms with Crippen LogP contribution in [-0.4, -0.2) is 11.6 Å². The van der Waals surface area contributed by atoms with Gasteiger partial charge < -0.3 is 0 Å². The average Bonchev–Trinajstić information content (AvgIpc) is 2.89. The molecule has 0 atom stereocenters. The number of ketones is 2. The molecule has 3 aromatic carbocycles. The van der Waals surface area contributed by atoms with Crippen LogP contribution in [0.5, 0.6) is 0 Å². The number of carbonyl (C=O) groups excluding carboxylic acids is 2. The van der Waals surface area contributed by atoms with Crippen LogP contribution in [0.2, 0.25) is 0 Å². The van der Waals surface area contributed by atoms with Gasteiger partial charge in [0.25, 0.3) is 0 Å². The highest BCUT2D eigenvalue weighted by Gasteiger charge is 2.12. The van der Waals surface area contributed by atoms with E-state index < -0.39 is 0 Å². The summed E-state index contributed by atoms with van der Waals surface area (Å²) in [6.07, 6.45) is 6.24. The number of rotatable bonds is 8. The van der Waals surface area contributed by atoms with Crippen molar-refractivity contribution in [3.8, 4) is 23.7 Å². The molecule has 0 heterocycles. The molecule has 0 fully saturated rings. The fraction of sp³-hybridized carbons (Fsp3) is 0.250. The van der Waals surface area contributed by atoms with E-state index in [9.17, 15) is 9.59 Å².